The number of rotatable bonds is 2. The first-order valence-electron chi connectivity index (χ1n) is 5.67. The van der Waals surface area contributed by atoms with Gasteiger partial charge >= 0.3 is 0 Å². The maximum Gasteiger partial charge on any atom is -0.0198 e. The fraction of sp³-hybridized carbons (Fsp3) is 0.429. The molecule has 0 aromatic heterocycles. The second-order valence-corrected chi connectivity index (χ2v) is 3.95. The van der Waals surface area contributed by atoms with Gasteiger partial charge in [-0.2, -0.15) is 0 Å². The third-order valence-electron chi connectivity index (χ3n) is 3.01. The maximum absolute atomic E-state index is 2.38. The molecule has 0 aromatic rings. The molecule has 2 aliphatic rings. The Hall–Kier alpha value is -1.04. The van der Waals surface area contributed by atoms with Crippen molar-refractivity contribution in [2.75, 3.05) is 0 Å². The van der Waals surface area contributed by atoms with E-state index in [1.807, 2.05) is 0 Å². The van der Waals surface area contributed by atoms with Crippen LogP contribution in [0, 0.1) is 0 Å². The normalized spacial score (nSPS) is 21.4. The fourth-order valence-electron chi connectivity index (χ4n) is 2.19. The SMILES string of the molecule is CCC1=C(C2=CCCC=C2)C=CCC1. The van der Waals surface area contributed by atoms with Crippen molar-refractivity contribution in [1.82, 2.24) is 0 Å². The summed E-state index contributed by atoms with van der Waals surface area (Å²) < 4.78 is 0. The van der Waals surface area contributed by atoms with Crippen LogP contribution >= 0.6 is 0 Å². The molecule has 74 valence electrons. The largest absolute Gasteiger partial charge is 0.0836 e. The summed E-state index contributed by atoms with van der Waals surface area (Å²) in [5.41, 5.74) is 4.57. The van der Waals surface area contributed by atoms with E-state index >= 15 is 0 Å². The summed E-state index contributed by atoms with van der Waals surface area (Å²) in [6.07, 6.45) is 17.7. The van der Waals surface area contributed by atoms with E-state index < -0.39 is 0 Å². The lowest BCUT2D eigenvalue weighted by Gasteiger charge is -2.17. The summed E-state index contributed by atoms with van der Waals surface area (Å²) in [6, 6.07) is 0. The average Bonchev–Trinajstić information content (AvgIpc) is 2.30. The van der Waals surface area contributed by atoms with Crippen molar-refractivity contribution in [3.05, 3.63) is 47.1 Å². The number of allylic oxidation sites excluding steroid dienone is 8. The molecule has 0 heteroatoms. The molecule has 0 N–H and O–H groups in total. The van der Waals surface area contributed by atoms with Crippen LogP contribution < -0.4 is 0 Å². The molecule has 2 aliphatic carbocycles. The Bertz CT molecular complexity index is 324. The highest BCUT2D eigenvalue weighted by molar-refractivity contribution is 5.51. The zero-order valence-electron chi connectivity index (χ0n) is 8.92. The summed E-state index contributed by atoms with van der Waals surface area (Å²) in [5, 5.41) is 0. The molecule has 0 atom stereocenters. The molecule has 2 rings (SSSR count). The summed E-state index contributed by atoms with van der Waals surface area (Å²) in [4.78, 5) is 0. The molecule has 0 aromatic carbocycles. The van der Waals surface area contributed by atoms with Crippen LogP contribution in [-0.4, -0.2) is 0 Å². The second kappa shape index (κ2) is 4.45. The van der Waals surface area contributed by atoms with E-state index in [0.29, 0.717) is 0 Å². The Morgan fingerprint density at radius 1 is 1.07 bits per heavy atom. The third-order valence-corrected chi connectivity index (χ3v) is 3.01. The molecule has 0 amide bonds. The predicted octanol–water partition coefficient (Wildman–Crippen LogP) is 4.32. The van der Waals surface area contributed by atoms with Crippen LogP contribution in [0.15, 0.2) is 47.1 Å². The Labute approximate surface area is 86.7 Å². The van der Waals surface area contributed by atoms with Gasteiger partial charge in [-0.15, -0.1) is 0 Å². The molecule has 14 heavy (non-hydrogen) atoms. The highest BCUT2D eigenvalue weighted by Gasteiger charge is 2.10. The van der Waals surface area contributed by atoms with Crippen LogP contribution in [0.25, 0.3) is 0 Å². The van der Waals surface area contributed by atoms with Gasteiger partial charge in [0, 0.05) is 0 Å². The summed E-state index contributed by atoms with van der Waals surface area (Å²) in [6.45, 7) is 2.27. The van der Waals surface area contributed by atoms with Crippen LogP contribution in [0.4, 0.5) is 0 Å². The topological polar surface area (TPSA) is 0 Å². The molecule has 0 radical (unpaired) electrons. The molecular weight excluding hydrogens is 168 g/mol. The van der Waals surface area contributed by atoms with E-state index in [0.717, 1.165) is 0 Å². The first kappa shape index (κ1) is 9.51. The van der Waals surface area contributed by atoms with Crippen LogP contribution in [-0.2, 0) is 0 Å². The van der Waals surface area contributed by atoms with Gasteiger partial charge in [0.05, 0.1) is 0 Å². The molecule has 0 spiro atoms. The first-order chi connectivity index (χ1) is 6.92. The minimum Gasteiger partial charge on any atom is -0.0836 e. The van der Waals surface area contributed by atoms with Gasteiger partial charge in [-0.1, -0.05) is 42.9 Å². The van der Waals surface area contributed by atoms with Crippen LogP contribution in [0.3, 0.4) is 0 Å². The zero-order chi connectivity index (χ0) is 9.80. The van der Waals surface area contributed by atoms with E-state index in [1.54, 1.807) is 5.57 Å². The van der Waals surface area contributed by atoms with E-state index in [-0.39, 0.29) is 0 Å². The van der Waals surface area contributed by atoms with E-state index in [2.05, 4.69) is 37.3 Å². The van der Waals surface area contributed by atoms with Gasteiger partial charge < -0.3 is 0 Å². The molecule has 0 saturated heterocycles. The van der Waals surface area contributed by atoms with E-state index in [9.17, 15) is 0 Å². The van der Waals surface area contributed by atoms with Crippen LogP contribution in [0.5, 0.6) is 0 Å². The van der Waals surface area contributed by atoms with Crippen molar-refractivity contribution in [2.45, 2.75) is 39.0 Å². The average molecular weight is 186 g/mol. The summed E-state index contributed by atoms with van der Waals surface area (Å²) >= 11 is 0. The molecular formula is C14H18. The minimum atomic E-state index is 1.20. The Morgan fingerprint density at radius 2 is 1.93 bits per heavy atom. The van der Waals surface area contributed by atoms with Crippen molar-refractivity contribution in [1.29, 1.82) is 0 Å². The smallest absolute Gasteiger partial charge is 0.0198 e. The van der Waals surface area contributed by atoms with Crippen LogP contribution in [0.1, 0.15) is 39.0 Å². The Balaban J connectivity index is 2.30. The highest BCUT2D eigenvalue weighted by Crippen LogP contribution is 2.29. The van der Waals surface area contributed by atoms with Crippen molar-refractivity contribution in [2.24, 2.45) is 0 Å². The van der Waals surface area contributed by atoms with Gasteiger partial charge in [0.25, 0.3) is 0 Å². The Morgan fingerprint density at radius 3 is 2.64 bits per heavy atom. The molecule has 0 fully saturated rings. The summed E-state index contributed by atoms with van der Waals surface area (Å²) in [5.74, 6) is 0. The second-order valence-electron chi connectivity index (χ2n) is 3.95. The Kier molecular flexibility index (Phi) is 3.03. The van der Waals surface area contributed by atoms with Gasteiger partial charge in [-0.05, 0) is 43.3 Å². The van der Waals surface area contributed by atoms with Gasteiger partial charge in [-0.25, -0.2) is 0 Å². The number of hydrogen-bond acceptors (Lipinski definition) is 0. The molecule has 0 bridgehead atoms. The maximum atomic E-state index is 2.38. The van der Waals surface area contributed by atoms with Gasteiger partial charge in [0.2, 0.25) is 0 Å². The molecule has 0 nitrogen and oxygen atoms in total. The van der Waals surface area contributed by atoms with Crippen molar-refractivity contribution in [3.63, 3.8) is 0 Å². The lowest BCUT2D eigenvalue weighted by Crippen LogP contribution is -1.97. The van der Waals surface area contributed by atoms with E-state index in [1.165, 1.54) is 43.3 Å². The van der Waals surface area contributed by atoms with Crippen molar-refractivity contribution in [3.8, 4) is 0 Å². The standard InChI is InChI=1S/C14H18/c1-2-12-8-6-7-11-14(12)13-9-4-3-5-10-13/h4,7,9-11H,2-3,5-6,8H2,1H3. The predicted molar refractivity (Wildman–Crippen MR) is 62.1 cm³/mol. The molecule has 0 aliphatic heterocycles. The lowest BCUT2D eigenvalue weighted by molar-refractivity contribution is 0.877. The van der Waals surface area contributed by atoms with Crippen molar-refractivity contribution >= 4 is 0 Å². The highest BCUT2D eigenvalue weighted by atomic mass is 14.1. The monoisotopic (exact) mass is 186 g/mol. The van der Waals surface area contributed by atoms with Gasteiger partial charge in [-0.3, -0.25) is 0 Å². The molecule has 0 unspecified atom stereocenters. The van der Waals surface area contributed by atoms with Crippen LogP contribution in [0.2, 0.25) is 0 Å². The first-order valence-corrected chi connectivity index (χ1v) is 5.67. The van der Waals surface area contributed by atoms with E-state index in [4.69, 9.17) is 0 Å². The van der Waals surface area contributed by atoms with Gasteiger partial charge in [0.15, 0.2) is 0 Å². The van der Waals surface area contributed by atoms with Gasteiger partial charge in [0.1, 0.15) is 0 Å². The molecule has 0 heterocycles. The third kappa shape index (κ3) is 1.89. The van der Waals surface area contributed by atoms with Crippen molar-refractivity contribution < 1.29 is 0 Å². The summed E-state index contributed by atoms with van der Waals surface area (Å²) in [7, 11) is 0. The quantitative estimate of drug-likeness (QED) is 0.602. The lowest BCUT2D eigenvalue weighted by atomic mass is 9.88. The minimum absolute atomic E-state index is 1.20. The number of hydrogen-bond donors (Lipinski definition) is 0. The molecule has 0 saturated carbocycles. The zero-order valence-corrected chi connectivity index (χ0v) is 8.92. The fourth-order valence-corrected chi connectivity index (χ4v) is 2.19.